The van der Waals surface area contributed by atoms with Gasteiger partial charge >= 0.3 is 0 Å². The number of hydrogen-bond donors (Lipinski definition) is 0. The molecule has 4 rings (SSSR count). The maximum atomic E-state index is 3.19. The summed E-state index contributed by atoms with van der Waals surface area (Å²) in [7, 11) is 0. The number of anilines is 2. The molecular formula is C24H20N2. The Kier molecular flexibility index (Phi) is 4.77. The SMILES string of the molecule is C(C#CCN1CC=Cc2ccccc21)#CCN1CC=Cc2ccccc21. The van der Waals surface area contributed by atoms with Crippen LogP contribution in [0.2, 0.25) is 0 Å². The van der Waals surface area contributed by atoms with Crippen LogP contribution in [-0.2, 0) is 0 Å². The third-order valence-corrected chi connectivity index (χ3v) is 4.58. The summed E-state index contributed by atoms with van der Waals surface area (Å²) in [5, 5.41) is 0. The number of nitrogens with zero attached hydrogens (tertiary/aromatic N) is 2. The summed E-state index contributed by atoms with van der Waals surface area (Å²) in [4.78, 5) is 4.55. The molecule has 0 bridgehead atoms. The van der Waals surface area contributed by atoms with E-state index in [0.29, 0.717) is 13.1 Å². The van der Waals surface area contributed by atoms with Crippen molar-refractivity contribution >= 4 is 23.5 Å². The lowest BCUT2D eigenvalue weighted by atomic mass is 10.1. The lowest BCUT2D eigenvalue weighted by Crippen LogP contribution is -2.26. The highest BCUT2D eigenvalue weighted by Crippen LogP contribution is 2.25. The summed E-state index contributed by atoms with van der Waals surface area (Å²) < 4.78 is 0. The number of para-hydroxylation sites is 2. The van der Waals surface area contributed by atoms with E-state index in [1.807, 2.05) is 0 Å². The quantitative estimate of drug-likeness (QED) is 0.763. The molecule has 0 saturated carbocycles. The molecule has 0 N–H and O–H groups in total. The molecule has 2 heterocycles. The molecule has 0 fully saturated rings. The minimum absolute atomic E-state index is 0.700. The Labute approximate surface area is 155 Å². The first-order valence-corrected chi connectivity index (χ1v) is 8.88. The van der Waals surface area contributed by atoms with Crippen LogP contribution in [-0.4, -0.2) is 26.2 Å². The van der Waals surface area contributed by atoms with Gasteiger partial charge in [-0.1, -0.05) is 72.5 Å². The highest BCUT2D eigenvalue weighted by Gasteiger charge is 2.11. The van der Waals surface area contributed by atoms with Crippen molar-refractivity contribution < 1.29 is 0 Å². The third kappa shape index (κ3) is 3.51. The Morgan fingerprint density at radius 1 is 0.654 bits per heavy atom. The molecule has 0 atom stereocenters. The highest BCUT2D eigenvalue weighted by molar-refractivity contribution is 5.72. The van der Waals surface area contributed by atoms with Crippen molar-refractivity contribution in [1.82, 2.24) is 0 Å². The highest BCUT2D eigenvalue weighted by atomic mass is 15.1. The molecule has 0 aliphatic carbocycles. The molecule has 2 aliphatic rings. The number of fused-ring (bicyclic) bond motifs is 2. The van der Waals surface area contributed by atoms with Crippen LogP contribution < -0.4 is 9.80 Å². The van der Waals surface area contributed by atoms with Crippen molar-refractivity contribution in [1.29, 1.82) is 0 Å². The topological polar surface area (TPSA) is 6.48 Å². The van der Waals surface area contributed by atoms with E-state index in [-0.39, 0.29) is 0 Å². The van der Waals surface area contributed by atoms with Gasteiger partial charge in [-0.15, -0.1) is 0 Å². The zero-order chi connectivity index (χ0) is 17.6. The summed E-state index contributed by atoms with van der Waals surface area (Å²) in [6.45, 7) is 3.20. The van der Waals surface area contributed by atoms with Crippen LogP contribution in [0.5, 0.6) is 0 Å². The lowest BCUT2D eigenvalue weighted by Gasteiger charge is -2.25. The van der Waals surface area contributed by atoms with E-state index in [9.17, 15) is 0 Å². The standard InChI is InChI=1S/C24H20N2/c1(7-17-25-19-9-13-21-11-3-5-15-23(21)25)2-8-18-26-20-10-14-22-12-4-6-16-24(22)26/h3-6,9-16H,17-20H2. The summed E-state index contributed by atoms with van der Waals surface area (Å²) in [6.07, 6.45) is 8.70. The molecule has 0 aromatic heterocycles. The Balaban J connectivity index is 1.36. The molecule has 0 amide bonds. The maximum Gasteiger partial charge on any atom is 0.0808 e. The Hall–Kier alpha value is -3.36. The minimum atomic E-state index is 0.700. The van der Waals surface area contributed by atoms with Crippen molar-refractivity contribution in [3.05, 3.63) is 71.8 Å². The first-order valence-electron chi connectivity index (χ1n) is 8.88. The number of rotatable bonds is 2. The second kappa shape index (κ2) is 7.68. The van der Waals surface area contributed by atoms with Crippen molar-refractivity contribution in [2.75, 3.05) is 36.0 Å². The second-order valence-electron chi connectivity index (χ2n) is 6.29. The van der Waals surface area contributed by atoms with Crippen LogP contribution in [0.25, 0.3) is 12.2 Å². The van der Waals surface area contributed by atoms with Crippen LogP contribution in [0.15, 0.2) is 60.7 Å². The molecule has 0 unspecified atom stereocenters. The molecule has 0 radical (unpaired) electrons. The van der Waals surface area contributed by atoms with Gasteiger partial charge < -0.3 is 9.80 Å². The Bertz CT molecular complexity index is 895. The van der Waals surface area contributed by atoms with E-state index in [4.69, 9.17) is 0 Å². The maximum absolute atomic E-state index is 3.19. The average molecular weight is 336 g/mol. The fourth-order valence-electron chi connectivity index (χ4n) is 3.30. The minimum Gasteiger partial charge on any atom is -0.356 e. The van der Waals surface area contributed by atoms with Gasteiger partial charge in [-0.3, -0.25) is 0 Å². The molecule has 2 aliphatic heterocycles. The van der Waals surface area contributed by atoms with E-state index < -0.39 is 0 Å². The molecule has 0 spiro atoms. The zero-order valence-electron chi connectivity index (χ0n) is 14.7. The van der Waals surface area contributed by atoms with Crippen molar-refractivity contribution in [3.63, 3.8) is 0 Å². The number of hydrogen-bond acceptors (Lipinski definition) is 2. The van der Waals surface area contributed by atoms with E-state index >= 15 is 0 Å². The van der Waals surface area contributed by atoms with Crippen LogP contribution >= 0.6 is 0 Å². The molecule has 2 nitrogen and oxygen atoms in total. The predicted molar refractivity (Wildman–Crippen MR) is 111 cm³/mol. The van der Waals surface area contributed by atoms with E-state index in [0.717, 1.165) is 13.1 Å². The molecule has 26 heavy (non-hydrogen) atoms. The van der Waals surface area contributed by atoms with Crippen LogP contribution in [0.4, 0.5) is 11.4 Å². The van der Waals surface area contributed by atoms with Crippen molar-refractivity contribution in [2.24, 2.45) is 0 Å². The van der Waals surface area contributed by atoms with Gasteiger partial charge in [0.25, 0.3) is 0 Å². The fourth-order valence-corrected chi connectivity index (χ4v) is 3.30. The van der Waals surface area contributed by atoms with Gasteiger partial charge in [0.05, 0.1) is 13.1 Å². The van der Waals surface area contributed by atoms with Crippen LogP contribution in [0, 0.1) is 23.7 Å². The summed E-state index contributed by atoms with van der Waals surface area (Å²) in [5.74, 6) is 12.4. The number of benzene rings is 2. The summed E-state index contributed by atoms with van der Waals surface area (Å²) in [6, 6.07) is 16.8. The van der Waals surface area contributed by atoms with Crippen LogP contribution in [0.1, 0.15) is 11.1 Å². The molecule has 2 heteroatoms. The Morgan fingerprint density at radius 2 is 1.12 bits per heavy atom. The average Bonchev–Trinajstić information content (AvgIpc) is 2.71. The third-order valence-electron chi connectivity index (χ3n) is 4.58. The fraction of sp³-hybridized carbons (Fsp3) is 0.167. The smallest absolute Gasteiger partial charge is 0.0808 e. The summed E-state index contributed by atoms with van der Waals surface area (Å²) >= 11 is 0. The molecule has 2 aromatic rings. The largest absolute Gasteiger partial charge is 0.356 e. The molecular weight excluding hydrogens is 316 g/mol. The molecule has 126 valence electrons. The first-order chi connectivity index (χ1) is 12.9. The van der Waals surface area contributed by atoms with Gasteiger partial charge in [0, 0.05) is 24.5 Å². The zero-order valence-corrected chi connectivity index (χ0v) is 14.7. The van der Waals surface area contributed by atoms with E-state index in [1.54, 1.807) is 0 Å². The first kappa shape index (κ1) is 16.1. The normalized spacial score (nSPS) is 13.8. The molecule has 0 saturated heterocycles. The van der Waals surface area contributed by atoms with E-state index in [2.05, 4.69) is 106 Å². The van der Waals surface area contributed by atoms with Crippen LogP contribution in [0.3, 0.4) is 0 Å². The van der Waals surface area contributed by atoms with Gasteiger partial charge in [-0.2, -0.15) is 0 Å². The van der Waals surface area contributed by atoms with Crippen molar-refractivity contribution in [3.8, 4) is 23.7 Å². The van der Waals surface area contributed by atoms with Gasteiger partial charge in [-0.05, 0) is 35.1 Å². The van der Waals surface area contributed by atoms with Gasteiger partial charge in [0.1, 0.15) is 0 Å². The van der Waals surface area contributed by atoms with Gasteiger partial charge in [0.15, 0.2) is 0 Å². The molecule has 2 aromatic carbocycles. The second-order valence-corrected chi connectivity index (χ2v) is 6.29. The summed E-state index contributed by atoms with van der Waals surface area (Å²) in [5.41, 5.74) is 5.00. The Morgan fingerprint density at radius 3 is 1.62 bits per heavy atom. The lowest BCUT2D eigenvalue weighted by molar-refractivity contribution is 0.959. The predicted octanol–water partition coefficient (Wildman–Crippen LogP) is 4.06. The van der Waals surface area contributed by atoms with Gasteiger partial charge in [0.2, 0.25) is 0 Å². The van der Waals surface area contributed by atoms with Crippen molar-refractivity contribution in [2.45, 2.75) is 0 Å². The monoisotopic (exact) mass is 336 g/mol. The van der Waals surface area contributed by atoms with E-state index in [1.165, 1.54) is 22.5 Å². The van der Waals surface area contributed by atoms with Gasteiger partial charge in [-0.25, -0.2) is 0 Å².